The van der Waals surface area contributed by atoms with Gasteiger partial charge in [0.2, 0.25) is 0 Å². The van der Waals surface area contributed by atoms with E-state index in [0.29, 0.717) is 6.04 Å². The predicted molar refractivity (Wildman–Crippen MR) is 86.8 cm³/mol. The summed E-state index contributed by atoms with van der Waals surface area (Å²) in [7, 11) is 1.83. The third-order valence-electron chi connectivity index (χ3n) is 4.09. The Morgan fingerprint density at radius 3 is 2.76 bits per heavy atom. The molecule has 21 heavy (non-hydrogen) atoms. The molecule has 0 spiro atoms. The Kier molecular flexibility index (Phi) is 4.27. The molecule has 5 heteroatoms. The maximum atomic E-state index is 4.76. The van der Waals surface area contributed by atoms with E-state index in [9.17, 15) is 0 Å². The molecule has 2 fully saturated rings. The van der Waals surface area contributed by atoms with Crippen molar-refractivity contribution in [3.63, 3.8) is 0 Å². The van der Waals surface area contributed by atoms with Gasteiger partial charge < -0.3 is 15.5 Å². The zero-order chi connectivity index (χ0) is 14.7. The van der Waals surface area contributed by atoms with E-state index >= 15 is 0 Å². The highest BCUT2D eigenvalue weighted by Gasteiger charge is 2.22. The number of nitrogens with one attached hydrogen (secondary N) is 2. The molecule has 0 unspecified atom stereocenters. The molecule has 2 aliphatic rings. The molecule has 0 aromatic carbocycles. The number of anilines is 1. The molecule has 0 atom stereocenters. The molecule has 2 heterocycles. The lowest BCUT2D eigenvalue weighted by Crippen LogP contribution is -2.38. The van der Waals surface area contributed by atoms with Crippen molar-refractivity contribution in [2.75, 3.05) is 25.0 Å². The van der Waals surface area contributed by atoms with E-state index in [4.69, 9.17) is 4.98 Å². The first-order valence-electron chi connectivity index (χ1n) is 7.95. The molecule has 1 aromatic rings. The van der Waals surface area contributed by atoms with Gasteiger partial charge in [-0.3, -0.25) is 4.99 Å². The maximum absolute atomic E-state index is 4.76. The zero-order valence-corrected chi connectivity index (χ0v) is 13.0. The van der Waals surface area contributed by atoms with E-state index in [0.717, 1.165) is 37.1 Å². The van der Waals surface area contributed by atoms with Crippen molar-refractivity contribution < 1.29 is 0 Å². The van der Waals surface area contributed by atoms with Crippen molar-refractivity contribution in [3.8, 4) is 0 Å². The van der Waals surface area contributed by atoms with Crippen molar-refractivity contribution in [2.24, 2.45) is 4.99 Å². The number of hydrogen-bond acceptors (Lipinski definition) is 3. The van der Waals surface area contributed by atoms with Gasteiger partial charge in [0.25, 0.3) is 0 Å². The van der Waals surface area contributed by atoms with Gasteiger partial charge in [0.05, 0.1) is 0 Å². The monoisotopic (exact) mass is 287 g/mol. The Bertz CT molecular complexity index is 515. The summed E-state index contributed by atoms with van der Waals surface area (Å²) in [5.41, 5.74) is 2.34. The van der Waals surface area contributed by atoms with Crippen LogP contribution in [0.1, 0.15) is 36.9 Å². The minimum Gasteiger partial charge on any atom is -0.356 e. The lowest BCUT2D eigenvalue weighted by molar-refractivity contribution is 0.795. The standard InChI is InChI=1S/C16H25N5/c1-12-5-6-13(15(19-12)21-9-3-4-10-21)11-18-16(17-2)20-14-7-8-14/h5-6,14H,3-4,7-11H2,1-2H3,(H2,17,18,20). The van der Waals surface area contributed by atoms with Gasteiger partial charge in [-0.05, 0) is 38.7 Å². The fraction of sp³-hybridized carbons (Fsp3) is 0.625. The predicted octanol–water partition coefficient (Wildman–Crippen LogP) is 1.82. The first-order valence-corrected chi connectivity index (χ1v) is 7.95. The number of rotatable bonds is 4. The van der Waals surface area contributed by atoms with Crippen LogP contribution in [0.2, 0.25) is 0 Å². The fourth-order valence-electron chi connectivity index (χ4n) is 2.71. The second-order valence-electron chi connectivity index (χ2n) is 5.97. The lowest BCUT2D eigenvalue weighted by atomic mass is 10.2. The SMILES string of the molecule is CN=C(NCc1ccc(C)nc1N1CCCC1)NC1CC1. The molecule has 1 saturated carbocycles. The number of aliphatic imine (C=N–C) groups is 1. The average molecular weight is 287 g/mol. The largest absolute Gasteiger partial charge is 0.356 e. The van der Waals surface area contributed by atoms with Gasteiger partial charge in [0.1, 0.15) is 5.82 Å². The molecule has 0 bridgehead atoms. The highest BCUT2D eigenvalue weighted by Crippen LogP contribution is 2.23. The van der Waals surface area contributed by atoms with Crippen molar-refractivity contribution in [2.45, 2.75) is 45.2 Å². The number of aromatic nitrogens is 1. The lowest BCUT2D eigenvalue weighted by Gasteiger charge is -2.21. The highest BCUT2D eigenvalue weighted by atomic mass is 15.2. The number of pyridine rings is 1. The average Bonchev–Trinajstić information content (AvgIpc) is 3.14. The summed E-state index contributed by atoms with van der Waals surface area (Å²) < 4.78 is 0. The van der Waals surface area contributed by atoms with Crippen LogP contribution in [0, 0.1) is 6.92 Å². The van der Waals surface area contributed by atoms with Gasteiger partial charge in [-0.1, -0.05) is 6.07 Å². The minimum atomic E-state index is 0.616. The van der Waals surface area contributed by atoms with Gasteiger partial charge in [-0.15, -0.1) is 0 Å². The molecule has 1 aliphatic carbocycles. The molecular weight excluding hydrogens is 262 g/mol. The normalized spacial score (nSPS) is 19.0. The van der Waals surface area contributed by atoms with E-state index in [1.165, 1.54) is 31.2 Å². The van der Waals surface area contributed by atoms with Crippen molar-refractivity contribution >= 4 is 11.8 Å². The second-order valence-corrected chi connectivity index (χ2v) is 5.97. The number of aryl methyl sites for hydroxylation is 1. The van der Waals surface area contributed by atoms with E-state index < -0.39 is 0 Å². The molecule has 5 nitrogen and oxygen atoms in total. The first-order chi connectivity index (χ1) is 10.3. The summed E-state index contributed by atoms with van der Waals surface area (Å²) in [6.45, 7) is 5.08. The Morgan fingerprint density at radius 1 is 1.33 bits per heavy atom. The second kappa shape index (κ2) is 6.33. The van der Waals surface area contributed by atoms with Gasteiger partial charge in [-0.25, -0.2) is 4.98 Å². The van der Waals surface area contributed by atoms with Crippen molar-refractivity contribution in [3.05, 3.63) is 23.4 Å². The summed E-state index contributed by atoms with van der Waals surface area (Å²) in [5.74, 6) is 2.03. The van der Waals surface area contributed by atoms with E-state index in [-0.39, 0.29) is 0 Å². The third kappa shape index (κ3) is 3.65. The summed E-state index contributed by atoms with van der Waals surface area (Å²) >= 11 is 0. The van der Waals surface area contributed by atoms with Gasteiger partial charge in [0, 0.05) is 44.0 Å². The highest BCUT2D eigenvalue weighted by molar-refractivity contribution is 5.80. The van der Waals surface area contributed by atoms with Crippen LogP contribution >= 0.6 is 0 Å². The van der Waals surface area contributed by atoms with Crippen LogP contribution in [0.15, 0.2) is 17.1 Å². The molecule has 1 aliphatic heterocycles. The van der Waals surface area contributed by atoms with Crippen LogP contribution in [0.5, 0.6) is 0 Å². The van der Waals surface area contributed by atoms with Gasteiger partial charge in [0.15, 0.2) is 5.96 Å². The van der Waals surface area contributed by atoms with Crippen LogP contribution in [0.4, 0.5) is 5.82 Å². The zero-order valence-electron chi connectivity index (χ0n) is 13.0. The fourth-order valence-corrected chi connectivity index (χ4v) is 2.71. The molecule has 3 rings (SSSR count). The third-order valence-corrected chi connectivity index (χ3v) is 4.09. The van der Waals surface area contributed by atoms with Crippen LogP contribution in [0.25, 0.3) is 0 Å². The Balaban J connectivity index is 1.68. The molecule has 0 amide bonds. The molecule has 0 radical (unpaired) electrons. The van der Waals surface area contributed by atoms with E-state index in [1.54, 1.807) is 0 Å². The first kappa shape index (κ1) is 14.2. The summed E-state index contributed by atoms with van der Waals surface area (Å²) in [5, 5.41) is 6.83. The van der Waals surface area contributed by atoms with Crippen LogP contribution < -0.4 is 15.5 Å². The molecule has 1 saturated heterocycles. The Labute approximate surface area is 126 Å². The molecule has 2 N–H and O–H groups in total. The number of guanidine groups is 1. The van der Waals surface area contributed by atoms with Crippen molar-refractivity contribution in [1.29, 1.82) is 0 Å². The smallest absolute Gasteiger partial charge is 0.191 e. The number of hydrogen-bond donors (Lipinski definition) is 2. The Hall–Kier alpha value is -1.78. The van der Waals surface area contributed by atoms with E-state index in [2.05, 4.69) is 39.6 Å². The van der Waals surface area contributed by atoms with Gasteiger partial charge in [-0.2, -0.15) is 0 Å². The topological polar surface area (TPSA) is 52.6 Å². The molecule has 1 aromatic heterocycles. The minimum absolute atomic E-state index is 0.616. The molecule has 114 valence electrons. The summed E-state index contributed by atoms with van der Waals surface area (Å²) in [6.07, 6.45) is 5.05. The van der Waals surface area contributed by atoms with Gasteiger partial charge >= 0.3 is 0 Å². The number of nitrogens with zero attached hydrogens (tertiary/aromatic N) is 3. The summed E-state index contributed by atoms with van der Waals surface area (Å²) in [6, 6.07) is 4.89. The van der Waals surface area contributed by atoms with Crippen LogP contribution in [-0.2, 0) is 6.54 Å². The quantitative estimate of drug-likeness (QED) is 0.655. The van der Waals surface area contributed by atoms with Crippen molar-refractivity contribution in [1.82, 2.24) is 15.6 Å². The maximum Gasteiger partial charge on any atom is 0.191 e. The summed E-state index contributed by atoms with van der Waals surface area (Å²) in [4.78, 5) is 11.5. The van der Waals surface area contributed by atoms with Crippen LogP contribution in [-0.4, -0.2) is 37.1 Å². The van der Waals surface area contributed by atoms with Crippen LogP contribution in [0.3, 0.4) is 0 Å². The Morgan fingerprint density at radius 2 is 2.10 bits per heavy atom. The molecular formula is C16H25N5. The van der Waals surface area contributed by atoms with E-state index in [1.807, 2.05) is 7.05 Å².